The van der Waals surface area contributed by atoms with E-state index in [9.17, 15) is 0 Å². The molecule has 3 aromatic carbocycles. The number of furan rings is 1. The van der Waals surface area contributed by atoms with Crippen LogP contribution in [0.3, 0.4) is 0 Å². The molecule has 1 fully saturated rings. The molecule has 1 saturated carbocycles. The molecule has 6 aromatic rings. The Morgan fingerprint density at radius 1 is 0.915 bits per heavy atom. The standard InChI is InChI=1S/C23H19FNO.C18H24NSi.Ir/c24-23-17(9-10-21-22(23)18-7-3-4-8-20(18)26-21)19-14-16(11-12-25-19)13-15-5-1-2-6-15;1-14(2)11-16-12-17(15-9-7-6-8-10-15)19-13-18(16)20(3,4)5;/h3-4,7-8,10-12,14-15H,1-2,5-6,13H2;6-9,12-14H,11H2,1-5H3;/q2*-1;. The fourth-order valence-electron chi connectivity index (χ4n) is 6.67. The number of halogens is 1. The van der Waals surface area contributed by atoms with Crippen molar-refractivity contribution in [3.8, 4) is 22.5 Å². The van der Waals surface area contributed by atoms with Gasteiger partial charge in [-0.1, -0.05) is 106 Å². The topological polar surface area (TPSA) is 38.9 Å². The number of fused-ring (bicyclic) bond motifs is 3. The first-order valence-electron chi connectivity index (χ1n) is 16.6. The zero-order valence-corrected chi connectivity index (χ0v) is 31.4. The number of para-hydroxylation sites is 1. The Labute approximate surface area is 293 Å². The summed E-state index contributed by atoms with van der Waals surface area (Å²) in [5, 5.41) is 2.79. The summed E-state index contributed by atoms with van der Waals surface area (Å²) in [7, 11) is -1.34. The summed E-state index contributed by atoms with van der Waals surface area (Å²) in [5.74, 6) is 1.11. The molecule has 1 aliphatic carbocycles. The van der Waals surface area contributed by atoms with Crippen LogP contribution in [-0.4, -0.2) is 18.0 Å². The molecule has 0 saturated heterocycles. The molecule has 6 heteroatoms. The Hall–Kier alpha value is -3.44. The second-order valence-corrected chi connectivity index (χ2v) is 19.1. The number of aromatic nitrogens is 2. The number of pyridine rings is 2. The van der Waals surface area contributed by atoms with Gasteiger partial charge in [-0.15, -0.1) is 48.0 Å². The monoisotopic (exact) mass is 819 g/mol. The van der Waals surface area contributed by atoms with Crippen molar-refractivity contribution in [3.05, 3.63) is 114 Å². The molecule has 7 rings (SSSR count). The molecule has 1 radical (unpaired) electrons. The molecule has 0 spiro atoms. The SMILES string of the molecule is CC(C)Cc1cc(-c2[c-]cccc2)ncc1[Si](C)(C)C.Fc1c(-c2cc(CC3CCCC3)ccn2)[c-]cc2oc3ccccc3c12.[Ir]. The van der Waals surface area contributed by atoms with Crippen LogP contribution in [0.2, 0.25) is 19.6 Å². The van der Waals surface area contributed by atoms with Crippen LogP contribution in [0.1, 0.15) is 50.7 Å². The van der Waals surface area contributed by atoms with Gasteiger partial charge in [0.1, 0.15) is 5.58 Å². The van der Waals surface area contributed by atoms with Crippen LogP contribution in [0.5, 0.6) is 0 Å². The van der Waals surface area contributed by atoms with Crippen LogP contribution >= 0.6 is 0 Å². The van der Waals surface area contributed by atoms with Crippen molar-refractivity contribution < 1.29 is 28.9 Å². The molecule has 3 heterocycles. The van der Waals surface area contributed by atoms with E-state index in [1.54, 1.807) is 12.3 Å². The van der Waals surface area contributed by atoms with Gasteiger partial charge >= 0.3 is 0 Å². The van der Waals surface area contributed by atoms with Crippen LogP contribution in [-0.2, 0) is 32.9 Å². The molecule has 0 atom stereocenters. The van der Waals surface area contributed by atoms with E-state index in [-0.39, 0.29) is 25.9 Å². The fraction of sp³-hybridized carbons (Fsp3) is 0.317. The first kappa shape index (κ1) is 34.9. The van der Waals surface area contributed by atoms with Gasteiger partial charge in [-0.2, -0.15) is 0 Å². The third-order valence-corrected chi connectivity index (χ3v) is 11.0. The van der Waals surface area contributed by atoms with E-state index in [2.05, 4.69) is 73.9 Å². The van der Waals surface area contributed by atoms with Crippen molar-refractivity contribution in [2.24, 2.45) is 11.8 Å². The average Bonchev–Trinajstić information content (AvgIpc) is 3.69. The Kier molecular flexibility index (Phi) is 11.3. The number of hydrogen-bond donors (Lipinski definition) is 0. The molecular formula is C41H43FIrN2OSi-2. The minimum atomic E-state index is -1.34. The second-order valence-electron chi connectivity index (χ2n) is 14.1. The molecule has 47 heavy (non-hydrogen) atoms. The number of benzene rings is 3. The van der Waals surface area contributed by atoms with Gasteiger partial charge in [0.15, 0.2) is 0 Å². The van der Waals surface area contributed by atoms with E-state index in [0.29, 0.717) is 33.7 Å². The number of nitrogens with zero attached hydrogens (tertiary/aromatic N) is 2. The third kappa shape index (κ3) is 8.17. The summed E-state index contributed by atoms with van der Waals surface area (Å²) in [6.07, 6.45) is 11.3. The maximum absolute atomic E-state index is 15.3. The Morgan fingerprint density at radius 2 is 1.68 bits per heavy atom. The quantitative estimate of drug-likeness (QED) is 0.119. The van der Waals surface area contributed by atoms with Gasteiger partial charge < -0.3 is 14.4 Å². The van der Waals surface area contributed by atoms with Crippen molar-refractivity contribution >= 4 is 35.2 Å². The van der Waals surface area contributed by atoms with Crippen molar-refractivity contribution in [2.75, 3.05) is 0 Å². The minimum Gasteiger partial charge on any atom is -0.500 e. The van der Waals surface area contributed by atoms with E-state index in [4.69, 9.17) is 4.42 Å². The van der Waals surface area contributed by atoms with E-state index in [1.807, 2.05) is 54.6 Å². The number of hydrogen-bond acceptors (Lipinski definition) is 3. The van der Waals surface area contributed by atoms with Crippen LogP contribution < -0.4 is 5.19 Å². The summed E-state index contributed by atoms with van der Waals surface area (Å²) in [6.45, 7) is 11.7. The maximum atomic E-state index is 15.3. The summed E-state index contributed by atoms with van der Waals surface area (Å²) in [6, 6.07) is 30.0. The fourth-order valence-corrected chi connectivity index (χ4v) is 8.26. The first-order chi connectivity index (χ1) is 22.2. The summed E-state index contributed by atoms with van der Waals surface area (Å²) in [5.41, 5.74) is 7.10. The van der Waals surface area contributed by atoms with Gasteiger partial charge in [-0.3, -0.25) is 4.39 Å². The van der Waals surface area contributed by atoms with Gasteiger partial charge in [0, 0.05) is 43.7 Å². The largest absolute Gasteiger partial charge is 0.500 e. The first-order valence-corrected chi connectivity index (χ1v) is 20.1. The average molecular weight is 819 g/mol. The Morgan fingerprint density at radius 3 is 2.40 bits per heavy atom. The summed E-state index contributed by atoms with van der Waals surface area (Å²) >= 11 is 0. The Bertz CT molecular complexity index is 1940. The molecule has 3 aromatic heterocycles. The van der Waals surface area contributed by atoms with Crippen LogP contribution in [0.15, 0.2) is 89.6 Å². The minimum absolute atomic E-state index is 0. The Balaban J connectivity index is 0.000000188. The van der Waals surface area contributed by atoms with Gasteiger partial charge in [0.2, 0.25) is 0 Å². The van der Waals surface area contributed by atoms with E-state index < -0.39 is 8.07 Å². The molecule has 0 aliphatic heterocycles. The molecule has 3 nitrogen and oxygen atoms in total. The van der Waals surface area contributed by atoms with Crippen molar-refractivity contribution in [2.45, 2.75) is 72.0 Å². The van der Waals surface area contributed by atoms with Gasteiger partial charge in [0.25, 0.3) is 0 Å². The smallest absolute Gasteiger partial charge is 0.121 e. The van der Waals surface area contributed by atoms with Gasteiger partial charge in [-0.05, 0) is 58.8 Å². The molecule has 0 bridgehead atoms. The zero-order chi connectivity index (χ0) is 32.3. The summed E-state index contributed by atoms with van der Waals surface area (Å²) < 4.78 is 21.1. The third-order valence-electron chi connectivity index (χ3n) is 8.90. The molecule has 0 unspecified atom stereocenters. The molecule has 1 aliphatic rings. The normalized spacial score (nSPS) is 13.5. The van der Waals surface area contributed by atoms with Gasteiger partial charge in [-0.25, -0.2) is 0 Å². The van der Waals surface area contributed by atoms with Crippen LogP contribution in [0, 0.1) is 29.8 Å². The van der Waals surface area contributed by atoms with Gasteiger partial charge in [0.05, 0.1) is 13.7 Å². The van der Waals surface area contributed by atoms with Crippen molar-refractivity contribution in [3.63, 3.8) is 0 Å². The van der Waals surface area contributed by atoms with Crippen molar-refractivity contribution in [1.82, 2.24) is 9.97 Å². The predicted octanol–water partition coefficient (Wildman–Crippen LogP) is 10.6. The predicted molar refractivity (Wildman–Crippen MR) is 191 cm³/mol. The van der Waals surface area contributed by atoms with E-state index >= 15 is 4.39 Å². The summed E-state index contributed by atoms with van der Waals surface area (Å²) in [4.78, 5) is 9.10. The number of rotatable bonds is 7. The van der Waals surface area contributed by atoms with Crippen LogP contribution in [0.4, 0.5) is 4.39 Å². The second kappa shape index (κ2) is 15.2. The van der Waals surface area contributed by atoms with E-state index in [0.717, 1.165) is 35.4 Å². The maximum Gasteiger partial charge on any atom is 0.121 e. The molecule has 245 valence electrons. The molecular weight excluding hydrogens is 776 g/mol. The van der Waals surface area contributed by atoms with E-state index in [1.165, 1.54) is 42.0 Å². The van der Waals surface area contributed by atoms with Crippen LogP contribution in [0.25, 0.3) is 44.5 Å². The molecule has 0 N–H and O–H groups in total. The molecule has 0 amide bonds. The zero-order valence-electron chi connectivity index (χ0n) is 28.0. The van der Waals surface area contributed by atoms with Crippen molar-refractivity contribution in [1.29, 1.82) is 0 Å².